The molecule has 0 atom stereocenters. The zero-order valence-corrected chi connectivity index (χ0v) is 11.8. The number of hydrogen-bond acceptors (Lipinski definition) is 5. The third-order valence-electron chi connectivity index (χ3n) is 3.73. The SMILES string of the molecule is COc1cnn(CCN(C)C)c1C(=O)C1(CN)CC1. The van der Waals surface area contributed by atoms with Gasteiger partial charge < -0.3 is 15.4 Å². The summed E-state index contributed by atoms with van der Waals surface area (Å²) in [6.45, 7) is 1.88. The first-order valence-corrected chi connectivity index (χ1v) is 6.53. The average molecular weight is 266 g/mol. The van der Waals surface area contributed by atoms with Crippen LogP contribution in [0.15, 0.2) is 6.20 Å². The van der Waals surface area contributed by atoms with Gasteiger partial charge in [-0.3, -0.25) is 9.48 Å². The van der Waals surface area contributed by atoms with E-state index in [1.165, 1.54) is 0 Å². The van der Waals surface area contributed by atoms with Crippen LogP contribution < -0.4 is 10.5 Å². The van der Waals surface area contributed by atoms with E-state index in [9.17, 15) is 4.79 Å². The lowest BCUT2D eigenvalue weighted by molar-refractivity contribution is 0.0890. The first-order valence-electron chi connectivity index (χ1n) is 6.53. The number of carbonyl (C=O) groups excluding carboxylic acids is 1. The van der Waals surface area contributed by atoms with Gasteiger partial charge in [-0.2, -0.15) is 5.10 Å². The Kier molecular flexibility index (Phi) is 3.91. The summed E-state index contributed by atoms with van der Waals surface area (Å²) in [7, 11) is 5.54. The lowest BCUT2D eigenvalue weighted by atomic mass is 9.98. The summed E-state index contributed by atoms with van der Waals surface area (Å²) in [5.74, 6) is 0.617. The fourth-order valence-electron chi connectivity index (χ4n) is 2.14. The largest absolute Gasteiger partial charge is 0.493 e. The molecule has 1 saturated carbocycles. The molecule has 1 aliphatic carbocycles. The first kappa shape index (κ1) is 14.0. The molecule has 19 heavy (non-hydrogen) atoms. The zero-order chi connectivity index (χ0) is 14.0. The highest BCUT2D eigenvalue weighted by Gasteiger charge is 2.50. The van der Waals surface area contributed by atoms with E-state index in [1.54, 1.807) is 18.0 Å². The van der Waals surface area contributed by atoms with Gasteiger partial charge in [0.05, 0.1) is 19.9 Å². The van der Waals surface area contributed by atoms with Crippen molar-refractivity contribution in [3.8, 4) is 5.75 Å². The molecule has 0 aliphatic heterocycles. The van der Waals surface area contributed by atoms with Crippen LogP contribution in [0.5, 0.6) is 5.75 Å². The van der Waals surface area contributed by atoms with E-state index in [4.69, 9.17) is 10.5 Å². The van der Waals surface area contributed by atoms with Gasteiger partial charge in [-0.05, 0) is 26.9 Å². The number of nitrogens with zero attached hydrogens (tertiary/aromatic N) is 3. The van der Waals surface area contributed by atoms with Crippen molar-refractivity contribution in [2.24, 2.45) is 11.1 Å². The van der Waals surface area contributed by atoms with Crippen molar-refractivity contribution in [2.45, 2.75) is 19.4 Å². The second kappa shape index (κ2) is 5.30. The number of likely N-dealkylation sites (N-methyl/N-ethyl adjacent to an activating group) is 1. The van der Waals surface area contributed by atoms with Gasteiger partial charge in [0.1, 0.15) is 5.69 Å². The number of aromatic nitrogens is 2. The molecule has 0 unspecified atom stereocenters. The lowest BCUT2D eigenvalue weighted by Crippen LogP contribution is -2.29. The second-order valence-electron chi connectivity index (χ2n) is 5.40. The van der Waals surface area contributed by atoms with Crippen molar-refractivity contribution in [1.82, 2.24) is 14.7 Å². The topological polar surface area (TPSA) is 73.4 Å². The standard InChI is InChI=1S/C13H22N4O2/c1-16(2)6-7-17-11(10(19-3)8-15-17)12(18)13(9-14)4-5-13/h8H,4-7,9,14H2,1-3H3. The molecule has 2 N–H and O–H groups in total. The molecule has 1 aliphatic rings. The van der Waals surface area contributed by atoms with E-state index < -0.39 is 0 Å². The van der Waals surface area contributed by atoms with Crippen LogP contribution in [0.4, 0.5) is 0 Å². The van der Waals surface area contributed by atoms with Crippen LogP contribution in [0.1, 0.15) is 23.3 Å². The monoisotopic (exact) mass is 266 g/mol. The molecule has 2 rings (SSSR count). The number of ketones is 1. The van der Waals surface area contributed by atoms with Crippen molar-refractivity contribution < 1.29 is 9.53 Å². The lowest BCUT2D eigenvalue weighted by Gasteiger charge is -2.15. The van der Waals surface area contributed by atoms with Crippen molar-refractivity contribution in [3.05, 3.63) is 11.9 Å². The Morgan fingerprint density at radius 1 is 1.58 bits per heavy atom. The number of hydrogen-bond donors (Lipinski definition) is 1. The number of ether oxygens (including phenoxy) is 1. The molecule has 6 heteroatoms. The van der Waals surface area contributed by atoms with E-state index in [-0.39, 0.29) is 11.2 Å². The summed E-state index contributed by atoms with van der Waals surface area (Å²) >= 11 is 0. The average Bonchev–Trinajstić information content (AvgIpc) is 3.09. The Morgan fingerprint density at radius 2 is 2.26 bits per heavy atom. The van der Waals surface area contributed by atoms with E-state index in [2.05, 4.69) is 10.00 Å². The molecule has 6 nitrogen and oxygen atoms in total. The summed E-state index contributed by atoms with van der Waals surface area (Å²) in [5, 5.41) is 4.26. The minimum Gasteiger partial charge on any atom is -0.493 e. The molecular weight excluding hydrogens is 244 g/mol. The van der Waals surface area contributed by atoms with Gasteiger partial charge >= 0.3 is 0 Å². The summed E-state index contributed by atoms with van der Waals surface area (Å²) < 4.78 is 7.00. The fraction of sp³-hybridized carbons (Fsp3) is 0.692. The maximum Gasteiger partial charge on any atom is 0.192 e. The van der Waals surface area contributed by atoms with Crippen LogP contribution >= 0.6 is 0 Å². The minimum absolute atomic E-state index is 0.0723. The maximum absolute atomic E-state index is 12.6. The van der Waals surface area contributed by atoms with Gasteiger partial charge in [-0.25, -0.2) is 0 Å². The maximum atomic E-state index is 12.6. The van der Waals surface area contributed by atoms with Crippen LogP contribution in [0.3, 0.4) is 0 Å². The van der Waals surface area contributed by atoms with Crippen molar-refractivity contribution >= 4 is 5.78 Å². The van der Waals surface area contributed by atoms with E-state index in [0.717, 1.165) is 19.4 Å². The third kappa shape index (κ3) is 2.64. The highest BCUT2D eigenvalue weighted by atomic mass is 16.5. The van der Waals surface area contributed by atoms with Crippen LogP contribution in [-0.2, 0) is 6.54 Å². The second-order valence-corrected chi connectivity index (χ2v) is 5.40. The van der Waals surface area contributed by atoms with Gasteiger partial charge in [-0.1, -0.05) is 0 Å². The fourth-order valence-corrected chi connectivity index (χ4v) is 2.14. The normalized spacial score (nSPS) is 16.7. The number of methoxy groups -OCH3 is 1. The summed E-state index contributed by atoms with van der Waals surface area (Å²) in [5.41, 5.74) is 5.93. The number of carbonyl (C=O) groups is 1. The Bertz CT molecular complexity index is 463. The summed E-state index contributed by atoms with van der Waals surface area (Å²) in [6, 6.07) is 0. The van der Waals surface area contributed by atoms with Crippen molar-refractivity contribution in [1.29, 1.82) is 0 Å². The Hall–Kier alpha value is -1.40. The molecule has 0 aromatic carbocycles. The Balaban J connectivity index is 2.26. The molecule has 1 fully saturated rings. The minimum atomic E-state index is -0.372. The number of nitrogens with two attached hydrogens (primary N) is 1. The van der Waals surface area contributed by atoms with Crippen LogP contribution in [0.2, 0.25) is 0 Å². The summed E-state index contributed by atoms with van der Waals surface area (Å²) in [4.78, 5) is 14.7. The van der Waals surface area contributed by atoms with Crippen molar-refractivity contribution in [3.63, 3.8) is 0 Å². The predicted molar refractivity (Wildman–Crippen MR) is 72.4 cm³/mol. The van der Waals surface area contributed by atoms with Gasteiger partial charge in [0.25, 0.3) is 0 Å². The van der Waals surface area contributed by atoms with Gasteiger partial charge in [0.2, 0.25) is 0 Å². The molecule has 0 radical (unpaired) electrons. The predicted octanol–water partition coefficient (Wildman–Crippen LogP) is 0.375. The van der Waals surface area contributed by atoms with Gasteiger partial charge in [0, 0.05) is 18.5 Å². The van der Waals surface area contributed by atoms with E-state index in [1.807, 2.05) is 14.1 Å². The van der Waals surface area contributed by atoms with Gasteiger partial charge in [0.15, 0.2) is 11.5 Å². The summed E-state index contributed by atoms with van der Waals surface area (Å²) in [6.07, 6.45) is 3.34. The molecule has 1 aromatic rings. The molecule has 0 saturated heterocycles. The molecule has 106 valence electrons. The van der Waals surface area contributed by atoms with Crippen LogP contribution in [0, 0.1) is 5.41 Å². The van der Waals surface area contributed by atoms with Crippen LogP contribution in [-0.4, -0.2) is 54.8 Å². The van der Waals surface area contributed by atoms with E-state index in [0.29, 0.717) is 24.5 Å². The molecule has 0 bridgehead atoms. The molecule has 1 heterocycles. The van der Waals surface area contributed by atoms with Crippen molar-refractivity contribution in [2.75, 3.05) is 34.3 Å². The van der Waals surface area contributed by atoms with E-state index >= 15 is 0 Å². The zero-order valence-electron chi connectivity index (χ0n) is 11.8. The Morgan fingerprint density at radius 3 is 2.74 bits per heavy atom. The van der Waals surface area contributed by atoms with Gasteiger partial charge in [-0.15, -0.1) is 0 Å². The molecule has 0 amide bonds. The van der Waals surface area contributed by atoms with Crippen LogP contribution in [0.25, 0.3) is 0 Å². The molecule has 0 spiro atoms. The highest BCUT2D eigenvalue weighted by Crippen LogP contribution is 2.48. The number of rotatable bonds is 7. The quantitative estimate of drug-likeness (QED) is 0.722. The third-order valence-corrected chi connectivity index (χ3v) is 3.73. The molecular formula is C13H22N4O2. The number of Topliss-reactive ketones (excluding diaryl/α,β-unsaturated/α-hetero) is 1. The molecule has 1 aromatic heterocycles. The smallest absolute Gasteiger partial charge is 0.192 e. The first-order chi connectivity index (χ1) is 9.04. The highest BCUT2D eigenvalue weighted by molar-refractivity contribution is 6.03. The Labute approximate surface area is 113 Å².